The molecule has 1 aromatic heterocycles. The zero-order valence-electron chi connectivity index (χ0n) is 15.5. The molecule has 0 radical (unpaired) electrons. The second-order valence-corrected chi connectivity index (χ2v) is 7.09. The Bertz CT molecular complexity index is 983. The van der Waals surface area contributed by atoms with Gasteiger partial charge in [-0.3, -0.25) is 9.48 Å². The van der Waals surface area contributed by atoms with Crippen molar-refractivity contribution in [3.8, 4) is 11.1 Å². The predicted octanol–water partition coefficient (Wildman–Crippen LogP) is 3.58. The van der Waals surface area contributed by atoms with Crippen LogP contribution in [0.4, 0.5) is 0 Å². The van der Waals surface area contributed by atoms with E-state index in [-0.39, 0.29) is 5.91 Å². The molecule has 0 unspecified atom stereocenters. The average molecular weight is 345 g/mol. The Labute approximate surface area is 153 Å². The Kier molecular flexibility index (Phi) is 4.11. The first-order valence-corrected chi connectivity index (χ1v) is 9.01. The van der Waals surface area contributed by atoms with Gasteiger partial charge in [0.1, 0.15) is 0 Å². The number of carbonyl (C=O) groups excluding carboxylic acids is 1. The molecule has 1 amide bonds. The first-order valence-electron chi connectivity index (χ1n) is 9.01. The molecule has 0 saturated carbocycles. The van der Waals surface area contributed by atoms with Crippen molar-refractivity contribution in [2.24, 2.45) is 7.05 Å². The molecular formula is C22H23N3O. The average Bonchev–Trinajstić information content (AvgIpc) is 3.07. The number of hydrogen-bond donors (Lipinski definition) is 1. The lowest BCUT2D eigenvalue weighted by Gasteiger charge is -2.22. The third-order valence-electron chi connectivity index (χ3n) is 5.43. The summed E-state index contributed by atoms with van der Waals surface area (Å²) in [6.45, 7) is 5.05. The molecular weight excluding hydrogens is 322 g/mol. The normalized spacial score (nSPS) is 13.4. The van der Waals surface area contributed by atoms with Crippen LogP contribution in [-0.2, 0) is 19.9 Å². The highest BCUT2D eigenvalue weighted by Crippen LogP contribution is 2.27. The number of fused-ring (bicyclic) bond motifs is 1. The summed E-state index contributed by atoms with van der Waals surface area (Å²) in [6, 6.07) is 10.7. The van der Waals surface area contributed by atoms with Crippen molar-refractivity contribution >= 4 is 5.91 Å². The van der Waals surface area contributed by atoms with E-state index in [4.69, 9.17) is 0 Å². The SMILES string of the molecule is Cc1c(Cc2ccc(-c3cnn(C)c3)cc2)cc2c(c1C)CCNC2=O. The van der Waals surface area contributed by atoms with Gasteiger partial charge in [-0.15, -0.1) is 0 Å². The summed E-state index contributed by atoms with van der Waals surface area (Å²) in [6.07, 6.45) is 5.66. The lowest BCUT2D eigenvalue weighted by atomic mass is 9.87. The van der Waals surface area contributed by atoms with Crippen LogP contribution in [0.1, 0.15) is 38.2 Å². The molecule has 0 spiro atoms. The molecule has 4 nitrogen and oxygen atoms in total. The molecule has 3 aromatic rings. The van der Waals surface area contributed by atoms with Crippen molar-refractivity contribution in [2.75, 3.05) is 6.54 Å². The number of nitrogens with one attached hydrogen (secondary N) is 1. The molecule has 0 bridgehead atoms. The van der Waals surface area contributed by atoms with Crippen molar-refractivity contribution in [2.45, 2.75) is 26.7 Å². The molecule has 26 heavy (non-hydrogen) atoms. The maximum absolute atomic E-state index is 12.2. The smallest absolute Gasteiger partial charge is 0.251 e. The second kappa shape index (κ2) is 6.45. The van der Waals surface area contributed by atoms with Crippen LogP contribution < -0.4 is 5.32 Å². The van der Waals surface area contributed by atoms with Crippen LogP contribution in [0.15, 0.2) is 42.7 Å². The van der Waals surface area contributed by atoms with E-state index in [0.29, 0.717) is 0 Å². The Balaban J connectivity index is 1.64. The van der Waals surface area contributed by atoms with E-state index in [9.17, 15) is 4.79 Å². The number of hydrogen-bond acceptors (Lipinski definition) is 2. The quantitative estimate of drug-likeness (QED) is 0.789. The molecule has 0 atom stereocenters. The summed E-state index contributed by atoms with van der Waals surface area (Å²) in [5.74, 6) is 0.0579. The summed E-state index contributed by atoms with van der Waals surface area (Å²) >= 11 is 0. The van der Waals surface area contributed by atoms with Crippen molar-refractivity contribution in [3.05, 3.63) is 76.1 Å². The highest BCUT2D eigenvalue weighted by atomic mass is 16.1. The summed E-state index contributed by atoms with van der Waals surface area (Å²) in [5, 5.41) is 7.19. The predicted molar refractivity (Wildman–Crippen MR) is 103 cm³/mol. The fraction of sp³-hybridized carbons (Fsp3) is 0.273. The van der Waals surface area contributed by atoms with Crippen molar-refractivity contribution in [1.82, 2.24) is 15.1 Å². The molecule has 2 aromatic carbocycles. The highest BCUT2D eigenvalue weighted by molar-refractivity contribution is 5.97. The summed E-state index contributed by atoms with van der Waals surface area (Å²) in [5.41, 5.74) is 9.39. The minimum Gasteiger partial charge on any atom is -0.352 e. The second-order valence-electron chi connectivity index (χ2n) is 7.09. The Morgan fingerprint density at radius 2 is 1.88 bits per heavy atom. The molecule has 1 aliphatic rings. The third kappa shape index (κ3) is 2.92. The third-order valence-corrected chi connectivity index (χ3v) is 5.43. The van der Waals surface area contributed by atoms with Crippen molar-refractivity contribution < 1.29 is 4.79 Å². The highest BCUT2D eigenvalue weighted by Gasteiger charge is 2.21. The Hall–Kier alpha value is -2.88. The Morgan fingerprint density at radius 3 is 2.58 bits per heavy atom. The minimum atomic E-state index is 0.0579. The van der Waals surface area contributed by atoms with Crippen LogP contribution in [0.3, 0.4) is 0 Å². The van der Waals surface area contributed by atoms with Gasteiger partial charge in [0.2, 0.25) is 0 Å². The van der Waals surface area contributed by atoms with Crippen LogP contribution in [-0.4, -0.2) is 22.2 Å². The van der Waals surface area contributed by atoms with E-state index in [1.165, 1.54) is 33.4 Å². The molecule has 2 heterocycles. The van der Waals surface area contributed by atoms with E-state index in [1.54, 1.807) is 0 Å². The molecule has 4 rings (SSSR count). The number of nitrogens with zero attached hydrogens (tertiary/aromatic N) is 2. The topological polar surface area (TPSA) is 46.9 Å². The maximum atomic E-state index is 12.2. The summed E-state index contributed by atoms with van der Waals surface area (Å²) in [7, 11) is 1.93. The van der Waals surface area contributed by atoms with Crippen LogP contribution in [0.2, 0.25) is 0 Å². The van der Waals surface area contributed by atoms with E-state index in [0.717, 1.165) is 30.5 Å². The number of aromatic nitrogens is 2. The van der Waals surface area contributed by atoms with Gasteiger partial charge in [0.15, 0.2) is 0 Å². The standard InChI is InChI=1S/C22H23N3O/c1-14-15(2)20-8-9-23-22(26)21(20)11-18(14)10-16-4-6-17(7-5-16)19-12-24-25(3)13-19/h4-7,11-13H,8-10H2,1-3H3,(H,23,26). The molecule has 0 saturated heterocycles. The zero-order chi connectivity index (χ0) is 18.3. The van der Waals surface area contributed by atoms with Crippen LogP contribution >= 0.6 is 0 Å². The first kappa shape index (κ1) is 16.6. The van der Waals surface area contributed by atoms with Gasteiger partial charge < -0.3 is 5.32 Å². The van der Waals surface area contributed by atoms with Gasteiger partial charge in [0.05, 0.1) is 6.20 Å². The van der Waals surface area contributed by atoms with Gasteiger partial charge in [0, 0.05) is 30.9 Å². The lowest BCUT2D eigenvalue weighted by Crippen LogP contribution is -2.32. The first-order chi connectivity index (χ1) is 12.5. The molecule has 132 valence electrons. The number of carbonyl (C=O) groups is 1. The van der Waals surface area contributed by atoms with Gasteiger partial charge >= 0.3 is 0 Å². The molecule has 0 aliphatic carbocycles. The fourth-order valence-electron chi connectivity index (χ4n) is 3.75. The lowest BCUT2D eigenvalue weighted by molar-refractivity contribution is 0.0945. The monoisotopic (exact) mass is 345 g/mol. The van der Waals surface area contributed by atoms with E-state index in [2.05, 4.69) is 54.6 Å². The van der Waals surface area contributed by atoms with Crippen LogP contribution in [0.5, 0.6) is 0 Å². The Morgan fingerprint density at radius 1 is 1.12 bits per heavy atom. The number of rotatable bonds is 3. The van der Waals surface area contributed by atoms with Crippen molar-refractivity contribution in [1.29, 1.82) is 0 Å². The number of amides is 1. The maximum Gasteiger partial charge on any atom is 0.251 e. The van der Waals surface area contributed by atoms with E-state index in [1.807, 2.05) is 24.1 Å². The van der Waals surface area contributed by atoms with Gasteiger partial charge in [-0.2, -0.15) is 5.10 Å². The van der Waals surface area contributed by atoms with Crippen LogP contribution in [0, 0.1) is 13.8 Å². The van der Waals surface area contributed by atoms with Gasteiger partial charge in [0.25, 0.3) is 5.91 Å². The van der Waals surface area contributed by atoms with Gasteiger partial charge in [-0.25, -0.2) is 0 Å². The molecule has 1 aliphatic heterocycles. The fourth-order valence-corrected chi connectivity index (χ4v) is 3.75. The van der Waals surface area contributed by atoms with Gasteiger partial charge in [-0.1, -0.05) is 24.3 Å². The molecule has 0 fully saturated rings. The number of benzene rings is 2. The van der Waals surface area contributed by atoms with Gasteiger partial charge in [-0.05, 0) is 66.1 Å². The van der Waals surface area contributed by atoms with Crippen LogP contribution in [0.25, 0.3) is 11.1 Å². The minimum absolute atomic E-state index is 0.0579. The summed E-state index contributed by atoms with van der Waals surface area (Å²) in [4.78, 5) is 12.2. The van der Waals surface area contributed by atoms with E-state index >= 15 is 0 Å². The molecule has 1 N–H and O–H groups in total. The zero-order valence-corrected chi connectivity index (χ0v) is 15.5. The van der Waals surface area contributed by atoms with Crippen molar-refractivity contribution in [3.63, 3.8) is 0 Å². The molecule has 4 heteroatoms. The number of aryl methyl sites for hydroxylation is 1. The largest absolute Gasteiger partial charge is 0.352 e. The van der Waals surface area contributed by atoms with E-state index < -0.39 is 0 Å². The summed E-state index contributed by atoms with van der Waals surface area (Å²) < 4.78 is 1.81.